The highest BCUT2D eigenvalue weighted by atomic mass is 32.2. The normalized spacial score (nSPS) is 12.9. The highest BCUT2D eigenvalue weighted by Crippen LogP contribution is 2.26. The molecule has 7 heteroatoms. The van der Waals surface area contributed by atoms with Crippen molar-refractivity contribution in [1.29, 1.82) is 0 Å². The molecule has 0 amide bonds. The van der Waals surface area contributed by atoms with Gasteiger partial charge in [-0.1, -0.05) is 6.08 Å². The Kier molecular flexibility index (Phi) is 4.54. The van der Waals surface area contributed by atoms with Crippen LogP contribution in [0, 0.1) is 6.92 Å². The molecule has 108 valence electrons. The van der Waals surface area contributed by atoms with E-state index in [1.807, 2.05) is 20.8 Å². The van der Waals surface area contributed by atoms with Gasteiger partial charge in [-0.05, 0) is 27.7 Å². The van der Waals surface area contributed by atoms with Crippen LogP contribution in [0.2, 0.25) is 0 Å². The largest absolute Gasteiger partial charge is 0.326 e. The molecule has 0 spiro atoms. The first-order valence-electron chi connectivity index (χ1n) is 6.04. The van der Waals surface area contributed by atoms with Gasteiger partial charge in [0.1, 0.15) is 0 Å². The molecule has 1 rings (SSSR count). The number of nitrogens with two attached hydrogens (primary N) is 1. The Bertz CT molecular complexity index is 555. The van der Waals surface area contributed by atoms with Gasteiger partial charge in [-0.2, -0.15) is 9.40 Å². The Morgan fingerprint density at radius 3 is 2.47 bits per heavy atom. The standard InChI is InChI=1S/C12H22N4O2S/c1-6-7-16(12(3,4)5)19(17,18)11-10(8-13)9(2)14-15-11/h6H,1,7-8,13H2,2-5H3,(H,14,15). The van der Waals surface area contributed by atoms with Gasteiger partial charge in [-0.25, -0.2) is 8.42 Å². The summed E-state index contributed by atoms with van der Waals surface area (Å²) in [5, 5.41) is 6.59. The van der Waals surface area contributed by atoms with Crippen molar-refractivity contribution in [2.45, 2.75) is 44.8 Å². The molecule has 0 saturated carbocycles. The van der Waals surface area contributed by atoms with Crippen LogP contribution in [0.15, 0.2) is 17.7 Å². The maximum absolute atomic E-state index is 12.7. The molecule has 3 N–H and O–H groups in total. The number of aromatic amines is 1. The van der Waals surface area contributed by atoms with Crippen molar-refractivity contribution in [3.05, 3.63) is 23.9 Å². The summed E-state index contributed by atoms with van der Waals surface area (Å²) in [6.07, 6.45) is 1.56. The fourth-order valence-corrected chi connectivity index (χ4v) is 3.78. The molecule has 0 aliphatic carbocycles. The van der Waals surface area contributed by atoms with Crippen LogP contribution in [0.3, 0.4) is 0 Å². The molecule has 19 heavy (non-hydrogen) atoms. The maximum atomic E-state index is 12.7. The topological polar surface area (TPSA) is 92.1 Å². The highest BCUT2D eigenvalue weighted by Gasteiger charge is 2.36. The van der Waals surface area contributed by atoms with E-state index in [1.165, 1.54) is 4.31 Å². The van der Waals surface area contributed by atoms with Crippen LogP contribution < -0.4 is 5.73 Å². The van der Waals surface area contributed by atoms with Crippen molar-refractivity contribution in [2.24, 2.45) is 5.73 Å². The second-order valence-electron chi connectivity index (χ2n) is 5.33. The van der Waals surface area contributed by atoms with Crippen molar-refractivity contribution < 1.29 is 8.42 Å². The van der Waals surface area contributed by atoms with Crippen LogP contribution in [-0.4, -0.2) is 35.0 Å². The van der Waals surface area contributed by atoms with E-state index in [9.17, 15) is 8.42 Å². The lowest BCUT2D eigenvalue weighted by Crippen LogP contribution is -2.46. The van der Waals surface area contributed by atoms with Gasteiger partial charge < -0.3 is 5.73 Å². The third-order valence-corrected chi connectivity index (χ3v) is 4.92. The summed E-state index contributed by atoms with van der Waals surface area (Å²) in [6, 6.07) is 0. The van der Waals surface area contributed by atoms with Crippen LogP contribution in [0.1, 0.15) is 32.0 Å². The number of aromatic nitrogens is 2. The quantitative estimate of drug-likeness (QED) is 0.794. The fraction of sp³-hybridized carbons (Fsp3) is 0.583. The summed E-state index contributed by atoms with van der Waals surface area (Å²) >= 11 is 0. The monoisotopic (exact) mass is 286 g/mol. The third-order valence-electron chi connectivity index (χ3n) is 2.82. The molecule has 0 radical (unpaired) electrons. The van der Waals surface area contributed by atoms with Gasteiger partial charge in [0.25, 0.3) is 10.0 Å². The molecule has 0 aliphatic heterocycles. The van der Waals surface area contributed by atoms with Crippen LogP contribution in [0.5, 0.6) is 0 Å². The summed E-state index contributed by atoms with van der Waals surface area (Å²) < 4.78 is 26.8. The summed E-state index contributed by atoms with van der Waals surface area (Å²) in [7, 11) is -3.70. The van der Waals surface area contributed by atoms with Gasteiger partial charge in [-0.3, -0.25) is 5.10 Å². The number of hydrogen-bond acceptors (Lipinski definition) is 4. The molecule has 0 fully saturated rings. The van der Waals surface area contributed by atoms with E-state index >= 15 is 0 Å². The molecule has 1 aromatic rings. The zero-order valence-electron chi connectivity index (χ0n) is 11.9. The van der Waals surface area contributed by atoms with Crippen molar-refractivity contribution in [3.63, 3.8) is 0 Å². The number of nitrogens with zero attached hydrogens (tertiary/aromatic N) is 2. The Hall–Kier alpha value is -1.18. The molecule has 0 aliphatic rings. The molecule has 0 unspecified atom stereocenters. The number of aryl methyl sites for hydroxylation is 1. The van der Waals surface area contributed by atoms with E-state index in [0.717, 1.165) is 0 Å². The van der Waals surface area contributed by atoms with E-state index in [1.54, 1.807) is 13.0 Å². The van der Waals surface area contributed by atoms with E-state index in [4.69, 9.17) is 5.73 Å². The molecule has 0 bridgehead atoms. The minimum atomic E-state index is -3.70. The van der Waals surface area contributed by atoms with Gasteiger partial charge in [0.05, 0.1) is 0 Å². The second kappa shape index (κ2) is 5.44. The van der Waals surface area contributed by atoms with Crippen molar-refractivity contribution in [2.75, 3.05) is 6.54 Å². The number of hydrogen-bond donors (Lipinski definition) is 2. The first kappa shape index (κ1) is 15.9. The van der Waals surface area contributed by atoms with E-state index in [0.29, 0.717) is 11.3 Å². The van der Waals surface area contributed by atoms with Crippen LogP contribution in [0.4, 0.5) is 0 Å². The van der Waals surface area contributed by atoms with Gasteiger partial charge in [0.2, 0.25) is 0 Å². The lowest BCUT2D eigenvalue weighted by Gasteiger charge is -2.33. The fourth-order valence-electron chi connectivity index (χ4n) is 1.84. The summed E-state index contributed by atoms with van der Waals surface area (Å²) in [4.78, 5) is 0. The Balaban J connectivity index is 3.39. The number of nitrogens with one attached hydrogen (secondary N) is 1. The van der Waals surface area contributed by atoms with Crippen LogP contribution in [0.25, 0.3) is 0 Å². The zero-order valence-corrected chi connectivity index (χ0v) is 12.7. The third kappa shape index (κ3) is 3.05. The van der Waals surface area contributed by atoms with E-state index < -0.39 is 15.6 Å². The average Bonchev–Trinajstić information content (AvgIpc) is 2.66. The second-order valence-corrected chi connectivity index (χ2v) is 7.11. The minimum absolute atomic E-state index is 0.00396. The molecular formula is C12H22N4O2S. The Labute approximate surface area is 114 Å². The lowest BCUT2D eigenvalue weighted by molar-refractivity contribution is 0.269. The highest BCUT2D eigenvalue weighted by molar-refractivity contribution is 7.89. The molecule has 1 heterocycles. The first-order chi connectivity index (χ1) is 8.66. The predicted octanol–water partition coefficient (Wildman–Crippen LogP) is 1.15. The molecular weight excluding hydrogens is 264 g/mol. The number of rotatable bonds is 5. The molecule has 0 saturated heterocycles. The SMILES string of the molecule is C=CCN(C(C)(C)C)S(=O)(=O)c1n[nH]c(C)c1CN. The summed E-state index contributed by atoms with van der Waals surface area (Å²) in [6.45, 7) is 11.2. The Morgan fingerprint density at radius 1 is 1.47 bits per heavy atom. The van der Waals surface area contributed by atoms with Gasteiger partial charge in [0, 0.05) is 29.9 Å². The van der Waals surface area contributed by atoms with E-state index in [-0.39, 0.29) is 18.1 Å². The van der Waals surface area contributed by atoms with Crippen molar-refractivity contribution >= 4 is 10.0 Å². The van der Waals surface area contributed by atoms with Crippen LogP contribution >= 0.6 is 0 Å². The van der Waals surface area contributed by atoms with Gasteiger partial charge in [0.15, 0.2) is 5.03 Å². The minimum Gasteiger partial charge on any atom is -0.326 e. The summed E-state index contributed by atoms with van der Waals surface area (Å²) in [5.41, 5.74) is 6.25. The van der Waals surface area contributed by atoms with Crippen molar-refractivity contribution in [3.8, 4) is 0 Å². The van der Waals surface area contributed by atoms with E-state index in [2.05, 4.69) is 16.8 Å². The maximum Gasteiger partial charge on any atom is 0.263 e. The molecule has 1 aromatic heterocycles. The molecule has 0 aromatic carbocycles. The van der Waals surface area contributed by atoms with Gasteiger partial charge in [-0.15, -0.1) is 6.58 Å². The average molecular weight is 286 g/mol. The lowest BCUT2D eigenvalue weighted by atomic mass is 10.1. The molecule has 6 nitrogen and oxygen atoms in total. The first-order valence-corrected chi connectivity index (χ1v) is 7.48. The summed E-state index contributed by atoms with van der Waals surface area (Å²) in [5.74, 6) is 0. The predicted molar refractivity (Wildman–Crippen MR) is 75.1 cm³/mol. The molecule has 0 atom stereocenters. The van der Waals surface area contributed by atoms with Crippen LogP contribution in [-0.2, 0) is 16.6 Å². The van der Waals surface area contributed by atoms with Gasteiger partial charge >= 0.3 is 0 Å². The zero-order chi connectivity index (χ0) is 14.8. The van der Waals surface area contributed by atoms with Crippen molar-refractivity contribution in [1.82, 2.24) is 14.5 Å². The smallest absolute Gasteiger partial charge is 0.263 e. The number of sulfonamides is 1. The number of H-pyrrole nitrogens is 1. The Morgan fingerprint density at radius 2 is 2.05 bits per heavy atom.